The van der Waals surface area contributed by atoms with Crippen molar-refractivity contribution in [2.24, 2.45) is 5.92 Å². The third-order valence-corrected chi connectivity index (χ3v) is 7.77. The second kappa shape index (κ2) is 10.8. The van der Waals surface area contributed by atoms with Crippen LogP contribution in [0.1, 0.15) is 16.9 Å². The molecule has 0 aromatic carbocycles. The van der Waals surface area contributed by atoms with Gasteiger partial charge in [-0.3, -0.25) is 4.79 Å². The van der Waals surface area contributed by atoms with E-state index >= 15 is 0 Å². The van der Waals surface area contributed by atoms with Crippen molar-refractivity contribution in [3.8, 4) is 5.75 Å². The molecule has 0 aliphatic heterocycles. The van der Waals surface area contributed by atoms with Crippen LogP contribution in [0.15, 0.2) is 30.9 Å². The largest absolute Gasteiger partial charge is 0.493 e. The van der Waals surface area contributed by atoms with Crippen molar-refractivity contribution in [1.29, 1.82) is 0 Å². The summed E-state index contributed by atoms with van der Waals surface area (Å²) in [7, 11) is 4.94. The number of methoxy groups -OCH3 is 3. The molecule has 4 aromatic rings. The highest BCUT2D eigenvalue weighted by Crippen LogP contribution is 2.41. The number of thiophene rings is 1. The summed E-state index contributed by atoms with van der Waals surface area (Å²) in [6, 6.07) is 3.92. The molecule has 5 rings (SSSR count). The van der Waals surface area contributed by atoms with Gasteiger partial charge in [0.05, 0.1) is 43.1 Å². The third kappa shape index (κ3) is 4.73. The molecule has 0 bridgehead atoms. The molecule has 190 valence electrons. The van der Waals surface area contributed by atoms with Crippen molar-refractivity contribution in [3.05, 3.63) is 41.3 Å². The number of rotatable bonds is 10. The number of fused-ring (bicyclic) bond motifs is 4. The summed E-state index contributed by atoms with van der Waals surface area (Å²) >= 11 is 1.65. The van der Waals surface area contributed by atoms with Crippen LogP contribution in [0.4, 0.5) is 11.5 Å². The molecule has 0 spiro atoms. The van der Waals surface area contributed by atoms with Gasteiger partial charge in [0.25, 0.3) is 0 Å². The van der Waals surface area contributed by atoms with E-state index in [2.05, 4.69) is 20.4 Å². The number of ether oxygens (including phenoxy) is 3. The zero-order chi connectivity index (χ0) is 25.1. The van der Waals surface area contributed by atoms with Crippen LogP contribution in [-0.2, 0) is 27.1 Å². The standard InChI is InChI=1S/C25H30N6O4S/c1-33-10-8-30(9-11-34-2)25(32)16-4-5-18-21(12-16)36-24-22(18)23(26-15-27-24)29-19-13-17-6-7-28-31(17)14-20(19)35-3/h6-7,13-16H,4-5,8-12H2,1-3H3,(H,26,27,29). The van der Waals surface area contributed by atoms with Crippen LogP contribution in [0.3, 0.4) is 0 Å². The first-order valence-electron chi connectivity index (χ1n) is 11.9. The average Bonchev–Trinajstić information content (AvgIpc) is 3.51. The molecule has 1 amide bonds. The maximum absolute atomic E-state index is 13.4. The predicted octanol–water partition coefficient (Wildman–Crippen LogP) is 3.32. The SMILES string of the molecule is COCCN(CCOC)C(=O)C1CCc2c(sc3ncnc(Nc4cc5ccnn5cc4OC)c23)C1. The normalized spacial score (nSPS) is 15.2. The summed E-state index contributed by atoms with van der Waals surface area (Å²) in [5.41, 5.74) is 2.98. The Morgan fingerprint density at radius 3 is 2.78 bits per heavy atom. The Kier molecular flexibility index (Phi) is 7.30. The molecule has 1 atom stereocenters. The summed E-state index contributed by atoms with van der Waals surface area (Å²) in [6.07, 6.45) is 7.46. The summed E-state index contributed by atoms with van der Waals surface area (Å²) in [4.78, 5) is 26.5. The summed E-state index contributed by atoms with van der Waals surface area (Å²) in [5.74, 6) is 1.51. The number of anilines is 2. The number of aryl methyl sites for hydroxylation is 1. The molecule has 0 fully saturated rings. The van der Waals surface area contributed by atoms with E-state index in [1.807, 2.05) is 23.2 Å². The molecule has 0 saturated heterocycles. The first kappa shape index (κ1) is 24.4. The molecular weight excluding hydrogens is 480 g/mol. The number of pyridine rings is 1. The van der Waals surface area contributed by atoms with E-state index in [1.54, 1.807) is 49.7 Å². The molecule has 10 nitrogen and oxygen atoms in total. The topological polar surface area (TPSA) is 103 Å². The van der Waals surface area contributed by atoms with Crippen LogP contribution in [0, 0.1) is 5.92 Å². The van der Waals surface area contributed by atoms with E-state index in [0.717, 1.165) is 40.1 Å². The molecule has 1 aliphatic rings. The number of aromatic nitrogens is 4. The molecule has 0 saturated carbocycles. The van der Waals surface area contributed by atoms with Gasteiger partial charge in [-0.1, -0.05) is 0 Å². The lowest BCUT2D eigenvalue weighted by Gasteiger charge is -2.29. The molecular formula is C25H30N6O4S. The smallest absolute Gasteiger partial charge is 0.226 e. The quantitative estimate of drug-likeness (QED) is 0.347. The van der Waals surface area contributed by atoms with Crippen molar-refractivity contribution >= 4 is 44.5 Å². The number of nitrogens with one attached hydrogen (secondary N) is 1. The molecule has 36 heavy (non-hydrogen) atoms. The van der Waals surface area contributed by atoms with Crippen LogP contribution in [-0.4, -0.2) is 78.0 Å². The summed E-state index contributed by atoms with van der Waals surface area (Å²) in [5, 5.41) is 8.77. The fourth-order valence-corrected chi connectivity index (χ4v) is 6.01. The van der Waals surface area contributed by atoms with E-state index in [9.17, 15) is 4.79 Å². The second-order valence-corrected chi connectivity index (χ2v) is 9.82. The van der Waals surface area contributed by atoms with Crippen molar-refractivity contribution < 1.29 is 19.0 Å². The molecule has 1 aliphatic carbocycles. The van der Waals surface area contributed by atoms with E-state index in [-0.39, 0.29) is 11.8 Å². The minimum atomic E-state index is -0.0620. The van der Waals surface area contributed by atoms with E-state index < -0.39 is 0 Å². The van der Waals surface area contributed by atoms with Crippen molar-refractivity contribution in [2.75, 3.05) is 52.9 Å². The lowest BCUT2D eigenvalue weighted by atomic mass is 9.87. The monoisotopic (exact) mass is 510 g/mol. The minimum absolute atomic E-state index is 0.0620. The van der Waals surface area contributed by atoms with Crippen molar-refractivity contribution in [3.63, 3.8) is 0 Å². The van der Waals surface area contributed by atoms with Crippen molar-refractivity contribution in [1.82, 2.24) is 24.5 Å². The maximum Gasteiger partial charge on any atom is 0.226 e. The van der Waals surface area contributed by atoms with Gasteiger partial charge in [-0.05, 0) is 37.0 Å². The molecule has 4 heterocycles. The Morgan fingerprint density at radius 2 is 2.03 bits per heavy atom. The lowest BCUT2D eigenvalue weighted by Crippen LogP contribution is -2.41. The number of nitrogens with zero attached hydrogens (tertiary/aromatic N) is 5. The van der Waals surface area contributed by atoms with Gasteiger partial charge in [0, 0.05) is 44.3 Å². The van der Waals surface area contributed by atoms with Gasteiger partial charge >= 0.3 is 0 Å². The van der Waals surface area contributed by atoms with Gasteiger partial charge in [-0.15, -0.1) is 11.3 Å². The highest BCUT2D eigenvalue weighted by atomic mass is 32.1. The van der Waals surface area contributed by atoms with Gasteiger partial charge < -0.3 is 24.4 Å². The molecule has 0 radical (unpaired) electrons. The van der Waals surface area contributed by atoms with Crippen LogP contribution < -0.4 is 10.1 Å². The minimum Gasteiger partial charge on any atom is -0.493 e. The van der Waals surface area contributed by atoms with Gasteiger partial charge in [0.15, 0.2) is 5.75 Å². The highest BCUT2D eigenvalue weighted by Gasteiger charge is 2.31. The van der Waals surface area contributed by atoms with Gasteiger partial charge in [-0.25, -0.2) is 14.5 Å². The zero-order valence-corrected chi connectivity index (χ0v) is 21.5. The second-order valence-electron chi connectivity index (χ2n) is 8.74. The van der Waals surface area contributed by atoms with Gasteiger partial charge in [0.2, 0.25) is 5.91 Å². The first-order valence-corrected chi connectivity index (χ1v) is 12.7. The summed E-state index contributed by atoms with van der Waals surface area (Å²) < 4.78 is 17.8. The average molecular weight is 511 g/mol. The number of amides is 1. The fraction of sp³-hybridized carbons (Fsp3) is 0.440. The van der Waals surface area contributed by atoms with E-state index in [1.165, 1.54) is 10.4 Å². The highest BCUT2D eigenvalue weighted by molar-refractivity contribution is 7.19. The molecule has 1 unspecified atom stereocenters. The van der Waals surface area contributed by atoms with E-state index in [0.29, 0.717) is 38.5 Å². The molecule has 4 aromatic heterocycles. The van der Waals surface area contributed by atoms with Crippen LogP contribution in [0.25, 0.3) is 15.7 Å². The maximum atomic E-state index is 13.4. The van der Waals surface area contributed by atoms with Crippen molar-refractivity contribution in [2.45, 2.75) is 19.3 Å². The zero-order valence-electron chi connectivity index (χ0n) is 20.7. The Morgan fingerprint density at radius 1 is 1.22 bits per heavy atom. The Labute approximate surface area is 213 Å². The Balaban J connectivity index is 1.42. The molecule has 1 N–H and O–H groups in total. The lowest BCUT2D eigenvalue weighted by molar-refractivity contribution is -0.137. The number of hydrogen-bond donors (Lipinski definition) is 1. The number of carbonyl (C=O) groups is 1. The van der Waals surface area contributed by atoms with Crippen LogP contribution in [0.5, 0.6) is 5.75 Å². The van der Waals surface area contributed by atoms with E-state index in [4.69, 9.17) is 14.2 Å². The third-order valence-electron chi connectivity index (χ3n) is 6.61. The predicted molar refractivity (Wildman–Crippen MR) is 138 cm³/mol. The van der Waals surface area contributed by atoms with Crippen LogP contribution in [0.2, 0.25) is 0 Å². The first-order chi connectivity index (χ1) is 17.6. The fourth-order valence-electron chi connectivity index (χ4n) is 4.74. The number of hydrogen-bond acceptors (Lipinski definition) is 9. The summed E-state index contributed by atoms with van der Waals surface area (Å²) in [6.45, 7) is 2.15. The van der Waals surface area contributed by atoms with Gasteiger partial charge in [-0.2, -0.15) is 5.10 Å². The Hall–Kier alpha value is -3.28. The number of carbonyl (C=O) groups excluding carboxylic acids is 1. The van der Waals surface area contributed by atoms with Gasteiger partial charge in [0.1, 0.15) is 17.0 Å². The Bertz CT molecular complexity index is 1360. The molecule has 11 heteroatoms. The van der Waals surface area contributed by atoms with Crippen LogP contribution >= 0.6 is 11.3 Å².